The minimum Gasteiger partial charge on any atom is -0.331 e. The van der Waals surface area contributed by atoms with Gasteiger partial charge in [0, 0.05) is 137 Å². The van der Waals surface area contributed by atoms with Gasteiger partial charge in [-0.15, -0.1) is 20.4 Å². The molecular weight excluding hydrogens is 969 g/mol. The Bertz CT molecular complexity index is 3540. The van der Waals surface area contributed by atoms with Gasteiger partial charge in [-0.05, 0) is 103 Å². The molecule has 79 heavy (non-hydrogen) atoms. The van der Waals surface area contributed by atoms with Crippen LogP contribution < -0.4 is 28.7 Å². The summed E-state index contributed by atoms with van der Waals surface area (Å²) in [4.78, 5) is 9.02. The molecule has 0 fully saturated rings. The highest BCUT2D eigenvalue weighted by molar-refractivity contribution is 6.09. The molecule has 6 heterocycles. The highest BCUT2D eigenvalue weighted by atomic mass is 15.4. The van der Waals surface area contributed by atoms with Gasteiger partial charge in [-0.1, -0.05) is 121 Å². The molecule has 2 aromatic heterocycles. The summed E-state index contributed by atoms with van der Waals surface area (Å²) in [5.74, 6) is 3.91. The third-order valence-corrected chi connectivity index (χ3v) is 18.0. The summed E-state index contributed by atoms with van der Waals surface area (Å²) in [5.41, 5.74) is 28.7. The van der Waals surface area contributed by atoms with Gasteiger partial charge < -0.3 is 19.6 Å². The number of hydrogen-bond acceptors (Lipinski definition) is 4. The Balaban J connectivity index is 0.726. The number of benzene rings is 6. The van der Waals surface area contributed by atoms with E-state index in [1.54, 1.807) is 0 Å². The molecule has 10 nitrogen and oxygen atoms in total. The van der Waals surface area contributed by atoms with E-state index in [4.69, 9.17) is 20.4 Å². The molecule has 0 N–H and O–H groups in total. The number of pyridine rings is 2. The number of likely N-dealkylation sites (N-methyl/N-ethyl adjacent to an activating group) is 2. The Morgan fingerprint density at radius 3 is 0.962 bits per heavy atom. The Morgan fingerprint density at radius 1 is 0.342 bits per heavy atom. The first-order chi connectivity index (χ1) is 38.3. The maximum atomic E-state index is 4.92. The minimum absolute atomic E-state index is 0.735. The van der Waals surface area contributed by atoms with Gasteiger partial charge in [0.2, 0.25) is 0 Å². The molecule has 0 spiro atoms. The van der Waals surface area contributed by atoms with E-state index in [-0.39, 0.29) is 0 Å². The van der Waals surface area contributed by atoms with Crippen LogP contribution in [0.25, 0.3) is 0 Å². The van der Waals surface area contributed by atoms with Crippen molar-refractivity contribution in [2.24, 2.45) is 20.4 Å². The number of aromatic nitrogens is 2. The molecule has 8 aromatic rings. The molecular formula is C69H72N10+2. The molecule has 0 saturated heterocycles. The third kappa shape index (κ3) is 9.61. The smallest absolute Gasteiger partial charge is 0.181 e. The van der Waals surface area contributed by atoms with E-state index in [1.807, 2.05) is 0 Å². The zero-order valence-corrected chi connectivity index (χ0v) is 47.7. The number of rotatable bonds is 12. The lowest BCUT2D eigenvalue weighted by molar-refractivity contribution is -0.700. The van der Waals surface area contributed by atoms with Crippen molar-refractivity contribution in [1.29, 1.82) is 0 Å². The van der Waals surface area contributed by atoms with Crippen molar-refractivity contribution in [2.45, 2.75) is 114 Å². The van der Waals surface area contributed by atoms with Gasteiger partial charge in [-0.25, -0.2) is 0 Å². The average Bonchev–Trinajstić information content (AvgIpc) is 4.24. The molecule has 0 unspecified atom stereocenters. The molecule has 396 valence electrons. The fraction of sp³-hybridized carbons (Fsp3) is 0.275. The topological polar surface area (TPSA) is 70.2 Å². The second kappa shape index (κ2) is 21.0. The maximum absolute atomic E-state index is 4.92. The molecule has 0 amide bonds. The number of para-hydroxylation sites is 4. The predicted molar refractivity (Wildman–Crippen MR) is 325 cm³/mol. The molecule has 0 radical (unpaired) electrons. The highest BCUT2D eigenvalue weighted by Crippen LogP contribution is 2.35. The summed E-state index contributed by atoms with van der Waals surface area (Å²) in [6.07, 6.45) is 4.04. The van der Waals surface area contributed by atoms with Crippen LogP contribution in [0, 0.1) is 55.4 Å². The normalized spacial score (nSPS) is 16.5. The molecule has 6 aromatic carbocycles. The monoisotopic (exact) mass is 1040 g/mol. The number of amidine groups is 4. The largest absolute Gasteiger partial charge is 0.331 e. The first-order valence-electron chi connectivity index (χ1n) is 28.0. The van der Waals surface area contributed by atoms with Crippen LogP contribution in [0.5, 0.6) is 0 Å². The Morgan fingerprint density at radius 2 is 0.620 bits per heavy atom. The lowest BCUT2D eigenvalue weighted by Crippen LogP contribution is -2.43. The third-order valence-electron chi connectivity index (χ3n) is 18.0. The average molecular weight is 1040 g/mol. The van der Waals surface area contributed by atoms with Gasteiger partial charge in [-0.3, -0.25) is 0 Å². The summed E-state index contributed by atoms with van der Waals surface area (Å²) in [6, 6.07) is 52.8. The summed E-state index contributed by atoms with van der Waals surface area (Å²) in [5, 5.41) is 19.5. The van der Waals surface area contributed by atoms with Crippen molar-refractivity contribution in [1.82, 2.24) is 0 Å². The Hall–Kier alpha value is -8.50. The standard InChI is InChI=1S/C69H72N10/c1-44-48(5)76(40-52-27-31-54(32-28-52)42-78-64-25-17-13-21-58(64)37-68(78)72-70-66-35-56-19-11-15-23-62(56)74(66)9)49(6)45(2)60(44)39-61-46(3)50(7)77(51(8)47(61)4)41-53-29-33-55(34-30-53)43-79-65-26-18-14-22-59(65)38-69(79)73-71-67-36-57-20-12-16-24-63(57)75(67)10/h11-34H,35-43H2,1-10H3/q+2/b70-66+,71-67+,72-68-,73-69+. The van der Waals surface area contributed by atoms with E-state index in [0.29, 0.717) is 0 Å². The zero-order chi connectivity index (χ0) is 54.6. The second-order valence-electron chi connectivity index (χ2n) is 22.4. The summed E-state index contributed by atoms with van der Waals surface area (Å²) in [6.45, 7) is 21.6. The maximum Gasteiger partial charge on any atom is 0.181 e. The van der Waals surface area contributed by atoms with Crippen LogP contribution in [0.3, 0.4) is 0 Å². The van der Waals surface area contributed by atoms with Crippen molar-refractivity contribution >= 4 is 46.1 Å². The van der Waals surface area contributed by atoms with Gasteiger partial charge in [0.1, 0.15) is 23.3 Å². The molecule has 0 aliphatic carbocycles. The summed E-state index contributed by atoms with van der Waals surface area (Å²) in [7, 11) is 4.17. The van der Waals surface area contributed by atoms with Crippen LogP contribution in [0.1, 0.15) is 101 Å². The molecule has 4 aliphatic rings. The van der Waals surface area contributed by atoms with Crippen LogP contribution in [-0.2, 0) is 58.3 Å². The van der Waals surface area contributed by atoms with Crippen LogP contribution >= 0.6 is 0 Å². The number of hydrogen-bond donors (Lipinski definition) is 0. The molecule has 12 rings (SSSR count). The van der Waals surface area contributed by atoms with Gasteiger partial charge in [0.15, 0.2) is 35.9 Å². The van der Waals surface area contributed by atoms with Crippen molar-refractivity contribution < 1.29 is 9.13 Å². The van der Waals surface area contributed by atoms with Crippen LogP contribution in [0.4, 0.5) is 22.7 Å². The van der Waals surface area contributed by atoms with Crippen molar-refractivity contribution in [3.05, 3.63) is 246 Å². The van der Waals surface area contributed by atoms with E-state index in [0.717, 1.165) is 81.6 Å². The van der Waals surface area contributed by atoms with Crippen molar-refractivity contribution in [3.63, 3.8) is 0 Å². The van der Waals surface area contributed by atoms with Gasteiger partial charge in [-0.2, -0.15) is 9.13 Å². The van der Waals surface area contributed by atoms with Crippen molar-refractivity contribution in [3.8, 4) is 0 Å². The molecule has 4 aliphatic heterocycles. The van der Waals surface area contributed by atoms with E-state index in [9.17, 15) is 0 Å². The molecule has 10 heteroatoms. The van der Waals surface area contributed by atoms with Crippen LogP contribution in [0.2, 0.25) is 0 Å². The van der Waals surface area contributed by atoms with Gasteiger partial charge >= 0.3 is 0 Å². The fourth-order valence-electron chi connectivity index (χ4n) is 12.6. The van der Waals surface area contributed by atoms with E-state index in [1.165, 1.54) is 123 Å². The lowest BCUT2D eigenvalue weighted by atomic mass is 9.89. The van der Waals surface area contributed by atoms with E-state index < -0.39 is 0 Å². The quantitative estimate of drug-likeness (QED) is 0.0903. The van der Waals surface area contributed by atoms with Crippen molar-refractivity contribution in [2.75, 3.05) is 33.7 Å². The first-order valence-corrected chi connectivity index (χ1v) is 28.0. The first kappa shape index (κ1) is 51.3. The zero-order valence-electron chi connectivity index (χ0n) is 47.7. The highest BCUT2D eigenvalue weighted by Gasteiger charge is 2.31. The van der Waals surface area contributed by atoms with Gasteiger partial charge in [0.05, 0.1) is 0 Å². The molecule has 0 saturated carbocycles. The number of fused-ring (bicyclic) bond motifs is 4. The molecule has 0 bridgehead atoms. The van der Waals surface area contributed by atoms with E-state index in [2.05, 4.69) is 244 Å². The summed E-state index contributed by atoms with van der Waals surface area (Å²) < 4.78 is 5.03. The fourth-order valence-corrected chi connectivity index (χ4v) is 12.6. The molecule has 0 atom stereocenters. The lowest BCUT2D eigenvalue weighted by Gasteiger charge is -2.21. The SMILES string of the molecule is Cc1c(Cc2c(C)c(C)[n+](Cc3ccc(CN4/C(=N/N=C5\Cc6ccccc6N5C)Cc5ccccc54)cc3)c(C)c2C)c(C)c(C)[n+](Cc2ccc(CN3/C(=N\N=C4/Cc5ccccc5N4C)Cc4ccccc43)cc2)c1C. The Kier molecular flexibility index (Phi) is 13.7. The predicted octanol–water partition coefficient (Wildman–Crippen LogP) is 12.4. The minimum atomic E-state index is 0.735. The second-order valence-corrected chi connectivity index (χ2v) is 22.4. The van der Waals surface area contributed by atoms with E-state index >= 15 is 0 Å². The number of anilines is 4. The number of nitrogens with zero attached hydrogens (tertiary/aromatic N) is 10. The summed E-state index contributed by atoms with van der Waals surface area (Å²) >= 11 is 0. The van der Waals surface area contributed by atoms with Crippen LogP contribution in [0.15, 0.2) is 166 Å². The van der Waals surface area contributed by atoms with Crippen LogP contribution in [-0.4, -0.2) is 37.4 Å². The van der Waals surface area contributed by atoms with Gasteiger partial charge in [0.25, 0.3) is 0 Å². The Labute approximate surface area is 467 Å².